The van der Waals surface area contributed by atoms with Crippen molar-refractivity contribution < 1.29 is 18.3 Å². The molecule has 0 atom stereocenters. The summed E-state index contributed by atoms with van der Waals surface area (Å²) in [4.78, 5) is 17.4. The molecule has 0 bridgehead atoms. The maximum Gasteiger partial charge on any atom is 0.335 e. The number of imidazole rings is 1. The predicted molar refractivity (Wildman–Crippen MR) is 72.2 cm³/mol. The number of aromatic amines is 1. The summed E-state index contributed by atoms with van der Waals surface area (Å²) < 4.78 is 26.5. The fraction of sp³-hybridized carbons (Fsp3) is 0.167. The molecule has 2 rings (SSSR count). The van der Waals surface area contributed by atoms with Gasteiger partial charge in [0.2, 0.25) is 0 Å². The first kappa shape index (κ1) is 14.1. The number of anilines is 1. The summed E-state index contributed by atoms with van der Waals surface area (Å²) in [6.45, 7) is 1.85. The lowest BCUT2D eigenvalue weighted by atomic mass is 10.2. The number of carboxylic acids is 1. The van der Waals surface area contributed by atoms with Crippen LogP contribution in [0.5, 0.6) is 0 Å². The molecule has 0 aliphatic rings. The topological polar surface area (TPSA) is 112 Å². The Balaban J connectivity index is 2.28. The maximum absolute atomic E-state index is 12.1. The van der Waals surface area contributed by atoms with Crippen LogP contribution in [0.4, 0.5) is 5.69 Å². The molecule has 1 aromatic carbocycles. The third kappa shape index (κ3) is 2.97. The van der Waals surface area contributed by atoms with E-state index in [9.17, 15) is 13.2 Å². The fourth-order valence-corrected chi connectivity index (χ4v) is 2.58. The van der Waals surface area contributed by atoms with Gasteiger partial charge in [-0.15, -0.1) is 0 Å². The third-order valence-electron chi connectivity index (χ3n) is 2.59. The van der Waals surface area contributed by atoms with Crippen molar-refractivity contribution in [2.45, 2.75) is 18.4 Å². The SMILES string of the molecule is CCc1ncc(S(=O)(=O)Nc2cccc(C(=O)O)c2)[nH]1. The summed E-state index contributed by atoms with van der Waals surface area (Å²) >= 11 is 0. The number of sulfonamides is 1. The summed E-state index contributed by atoms with van der Waals surface area (Å²) in [5.74, 6) is -0.564. The second-order valence-electron chi connectivity index (χ2n) is 4.04. The zero-order chi connectivity index (χ0) is 14.8. The highest BCUT2D eigenvalue weighted by atomic mass is 32.2. The van der Waals surface area contributed by atoms with Crippen LogP contribution < -0.4 is 4.72 Å². The van der Waals surface area contributed by atoms with Gasteiger partial charge < -0.3 is 10.1 Å². The number of nitrogens with one attached hydrogen (secondary N) is 2. The number of aromatic nitrogens is 2. The molecule has 0 unspecified atom stereocenters. The van der Waals surface area contributed by atoms with Crippen molar-refractivity contribution in [2.24, 2.45) is 0 Å². The molecule has 0 radical (unpaired) electrons. The van der Waals surface area contributed by atoms with E-state index in [4.69, 9.17) is 5.11 Å². The molecule has 7 nitrogen and oxygen atoms in total. The van der Waals surface area contributed by atoms with Crippen molar-refractivity contribution in [3.05, 3.63) is 41.9 Å². The second-order valence-corrected chi connectivity index (χ2v) is 5.69. The van der Waals surface area contributed by atoms with E-state index < -0.39 is 16.0 Å². The van der Waals surface area contributed by atoms with Gasteiger partial charge in [0.1, 0.15) is 5.82 Å². The van der Waals surface area contributed by atoms with E-state index in [1.54, 1.807) is 0 Å². The number of aromatic carboxylic acids is 1. The number of aryl methyl sites for hydroxylation is 1. The van der Waals surface area contributed by atoms with Gasteiger partial charge in [-0.25, -0.2) is 9.78 Å². The largest absolute Gasteiger partial charge is 0.478 e. The lowest BCUT2D eigenvalue weighted by molar-refractivity contribution is 0.0697. The van der Waals surface area contributed by atoms with Crippen molar-refractivity contribution in [1.82, 2.24) is 9.97 Å². The zero-order valence-electron chi connectivity index (χ0n) is 10.6. The molecular weight excluding hydrogens is 282 g/mol. The molecular formula is C12H13N3O4S. The lowest BCUT2D eigenvalue weighted by Crippen LogP contribution is -2.14. The Labute approximate surface area is 115 Å². The number of benzene rings is 1. The summed E-state index contributed by atoms with van der Waals surface area (Å²) in [6, 6.07) is 5.56. The first-order valence-electron chi connectivity index (χ1n) is 5.82. The maximum atomic E-state index is 12.1. The molecule has 0 aliphatic heterocycles. The molecule has 0 spiro atoms. The Kier molecular flexibility index (Phi) is 3.75. The fourth-order valence-electron chi connectivity index (χ4n) is 1.59. The number of H-pyrrole nitrogens is 1. The molecule has 1 aromatic heterocycles. The van der Waals surface area contributed by atoms with Crippen molar-refractivity contribution in [1.29, 1.82) is 0 Å². The van der Waals surface area contributed by atoms with Gasteiger partial charge in [-0.1, -0.05) is 13.0 Å². The van der Waals surface area contributed by atoms with Gasteiger partial charge in [0, 0.05) is 12.1 Å². The molecule has 2 aromatic rings. The normalized spacial score (nSPS) is 11.2. The first-order valence-corrected chi connectivity index (χ1v) is 7.30. The van der Waals surface area contributed by atoms with E-state index in [2.05, 4.69) is 14.7 Å². The van der Waals surface area contributed by atoms with E-state index in [-0.39, 0.29) is 16.3 Å². The van der Waals surface area contributed by atoms with Crippen molar-refractivity contribution in [3.63, 3.8) is 0 Å². The minimum atomic E-state index is -3.81. The smallest absolute Gasteiger partial charge is 0.335 e. The summed E-state index contributed by atoms with van der Waals surface area (Å²) in [5.41, 5.74) is 0.182. The summed E-state index contributed by atoms with van der Waals surface area (Å²) in [7, 11) is -3.81. The van der Waals surface area contributed by atoms with Crippen LogP contribution in [0.2, 0.25) is 0 Å². The van der Waals surface area contributed by atoms with Crippen LogP contribution >= 0.6 is 0 Å². The number of carbonyl (C=O) groups is 1. The van der Waals surface area contributed by atoms with Crippen LogP contribution in [-0.4, -0.2) is 29.5 Å². The van der Waals surface area contributed by atoms with Crippen LogP contribution in [0.3, 0.4) is 0 Å². The van der Waals surface area contributed by atoms with Crippen molar-refractivity contribution >= 4 is 21.7 Å². The monoisotopic (exact) mass is 295 g/mol. The van der Waals surface area contributed by atoms with Gasteiger partial charge >= 0.3 is 5.97 Å². The second kappa shape index (κ2) is 5.33. The summed E-state index contributed by atoms with van der Waals surface area (Å²) in [5, 5.41) is 8.81. The van der Waals surface area contributed by atoms with Crippen LogP contribution in [-0.2, 0) is 16.4 Å². The van der Waals surface area contributed by atoms with E-state index in [0.717, 1.165) is 0 Å². The van der Waals surface area contributed by atoms with Crippen LogP contribution in [0.15, 0.2) is 35.5 Å². The summed E-state index contributed by atoms with van der Waals surface area (Å²) in [6.07, 6.45) is 1.81. The van der Waals surface area contributed by atoms with E-state index in [1.165, 1.54) is 30.5 Å². The Morgan fingerprint density at radius 3 is 2.80 bits per heavy atom. The van der Waals surface area contributed by atoms with Crippen molar-refractivity contribution in [3.8, 4) is 0 Å². The Morgan fingerprint density at radius 1 is 1.45 bits per heavy atom. The van der Waals surface area contributed by atoms with Gasteiger partial charge in [-0.05, 0) is 18.2 Å². The molecule has 0 fully saturated rings. The standard InChI is InChI=1S/C12H13N3O4S/c1-2-10-13-7-11(14-10)20(18,19)15-9-5-3-4-8(6-9)12(16)17/h3-7,15H,2H2,1H3,(H,13,14)(H,16,17). The molecule has 0 saturated carbocycles. The minimum absolute atomic E-state index is 0.00376. The average Bonchev–Trinajstić information content (AvgIpc) is 2.88. The highest BCUT2D eigenvalue weighted by Crippen LogP contribution is 2.16. The van der Waals surface area contributed by atoms with Crippen LogP contribution in [0.25, 0.3) is 0 Å². The van der Waals surface area contributed by atoms with E-state index >= 15 is 0 Å². The first-order chi connectivity index (χ1) is 9.42. The third-order valence-corrected chi connectivity index (χ3v) is 3.88. The zero-order valence-corrected chi connectivity index (χ0v) is 11.4. The predicted octanol–water partition coefficient (Wildman–Crippen LogP) is 1.47. The molecule has 1 heterocycles. The molecule has 0 aliphatic carbocycles. The Morgan fingerprint density at radius 2 is 2.20 bits per heavy atom. The number of nitrogens with zero attached hydrogens (tertiary/aromatic N) is 1. The average molecular weight is 295 g/mol. The van der Waals surface area contributed by atoms with E-state index in [1.807, 2.05) is 6.92 Å². The Hall–Kier alpha value is -2.35. The number of hydrogen-bond donors (Lipinski definition) is 3. The molecule has 106 valence electrons. The molecule has 20 heavy (non-hydrogen) atoms. The molecule has 0 saturated heterocycles. The van der Waals surface area contributed by atoms with Crippen LogP contribution in [0, 0.1) is 0 Å². The Bertz CT molecular complexity index is 737. The van der Waals surface area contributed by atoms with Gasteiger partial charge in [0.25, 0.3) is 10.0 Å². The van der Waals surface area contributed by atoms with Gasteiger partial charge in [0.15, 0.2) is 5.03 Å². The highest BCUT2D eigenvalue weighted by Gasteiger charge is 2.17. The quantitative estimate of drug-likeness (QED) is 0.773. The highest BCUT2D eigenvalue weighted by molar-refractivity contribution is 7.92. The van der Waals surface area contributed by atoms with Gasteiger partial charge in [-0.3, -0.25) is 4.72 Å². The number of hydrogen-bond acceptors (Lipinski definition) is 4. The minimum Gasteiger partial charge on any atom is -0.478 e. The van der Waals surface area contributed by atoms with Gasteiger partial charge in [-0.2, -0.15) is 8.42 Å². The van der Waals surface area contributed by atoms with E-state index in [0.29, 0.717) is 12.2 Å². The molecule has 3 N–H and O–H groups in total. The van der Waals surface area contributed by atoms with Gasteiger partial charge in [0.05, 0.1) is 11.8 Å². The number of rotatable bonds is 5. The van der Waals surface area contributed by atoms with Crippen molar-refractivity contribution in [2.75, 3.05) is 4.72 Å². The molecule has 8 heteroatoms. The number of carboxylic acid groups (broad SMARTS) is 1. The van der Waals surface area contributed by atoms with Crippen LogP contribution in [0.1, 0.15) is 23.1 Å². The lowest BCUT2D eigenvalue weighted by Gasteiger charge is -2.06. The molecule has 0 amide bonds.